The fourth-order valence-corrected chi connectivity index (χ4v) is 4.69. The van der Waals surface area contributed by atoms with E-state index < -0.39 is 17.6 Å². The van der Waals surface area contributed by atoms with Gasteiger partial charge in [-0.25, -0.2) is 0 Å². The normalized spacial score (nSPS) is 29.8. The average molecular weight is 439 g/mol. The predicted molar refractivity (Wildman–Crippen MR) is 124 cm³/mol. The van der Waals surface area contributed by atoms with E-state index in [0.29, 0.717) is 24.5 Å². The van der Waals surface area contributed by atoms with Crippen LogP contribution in [-0.4, -0.2) is 40.8 Å². The highest BCUT2D eigenvalue weighted by Crippen LogP contribution is 2.45. The first kappa shape index (κ1) is 27.5. The molecule has 6 nitrogen and oxygen atoms in total. The Morgan fingerprint density at radius 3 is 2.58 bits per heavy atom. The zero-order chi connectivity index (χ0) is 22.5. The Kier molecular flexibility index (Phi) is 10.6. The summed E-state index contributed by atoms with van der Waals surface area (Å²) in [6, 6.07) is 0. The zero-order valence-electron chi connectivity index (χ0n) is 20.2. The minimum Gasteiger partial charge on any atom is -0.461 e. The SMILES string of the molecule is CCC(C)(C)C(=O)O[C@H]1C[C@@H](C)C=C2C=C[C@H](C)[C@H](CC[C@@H](O)C[C@@H](O)CC=O)[C@H]21.[NH4+]. The lowest BCUT2D eigenvalue weighted by Gasteiger charge is -2.44. The molecule has 0 spiro atoms. The van der Waals surface area contributed by atoms with Crippen molar-refractivity contribution in [3.05, 3.63) is 23.8 Å². The van der Waals surface area contributed by atoms with Gasteiger partial charge in [0, 0.05) is 12.3 Å². The molecule has 2 aliphatic rings. The van der Waals surface area contributed by atoms with Crippen molar-refractivity contribution in [3.63, 3.8) is 0 Å². The molecule has 0 amide bonds. The number of ether oxygens (including phenoxy) is 1. The summed E-state index contributed by atoms with van der Waals surface area (Å²) in [7, 11) is 0. The zero-order valence-corrected chi connectivity index (χ0v) is 20.2. The predicted octanol–water partition coefficient (Wildman–Crippen LogP) is 4.60. The van der Waals surface area contributed by atoms with Crippen LogP contribution in [0.4, 0.5) is 0 Å². The Morgan fingerprint density at radius 2 is 1.97 bits per heavy atom. The highest BCUT2D eigenvalue weighted by atomic mass is 16.5. The number of allylic oxidation sites excluding steroid dienone is 3. The molecular weight excluding hydrogens is 394 g/mol. The smallest absolute Gasteiger partial charge is 0.311 e. The summed E-state index contributed by atoms with van der Waals surface area (Å²) >= 11 is 0. The van der Waals surface area contributed by atoms with Gasteiger partial charge in [0.2, 0.25) is 0 Å². The summed E-state index contributed by atoms with van der Waals surface area (Å²) in [5.41, 5.74) is 0.737. The first-order valence-electron chi connectivity index (χ1n) is 11.5. The van der Waals surface area contributed by atoms with E-state index in [1.54, 1.807) is 0 Å². The molecule has 0 aromatic heterocycles. The lowest BCUT2D eigenvalue weighted by Crippen LogP contribution is -2.43. The molecule has 0 aromatic carbocycles. The van der Waals surface area contributed by atoms with Gasteiger partial charge in [-0.1, -0.05) is 39.0 Å². The van der Waals surface area contributed by atoms with Crippen molar-refractivity contribution in [3.8, 4) is 0 Å². The third kappa shape index (κ3) is 7.26. The lowest BCUT2D eigenvalue weighted by molar-refractivity contribution is -0.164. The van der Waals surface area contributed by atoms with Crippen molar-refractivity contribution in [2.45, 2.75) is 91.5 Å². The largest absolute Gasteiger partial charge is 0.461 e. The molecule has 178 valence electrons. The second-order valence-corrected chi connectivity index (χ2v) is 9.99. The number of aldehydes is 1. The molecule has 0 bridgehead atoms. The van der Waals surface area contributed by atoms with E-state index in [1.165, 1.54) is 5.57 Å². The van der Waals surface area contributed by atoms with E-state index in [1.807, 2.05) is 20.8 Å². The molecule has 0 unspecified atom stereocenters. The fourth-order valence-electron chi connectivity index (χ4n) is 4.69. The minimum atomic E-state index is -0.794. The van der Waals surface area contributed by atoms with Gasteiger partial charge in [-0.15, -0.1) is 0 Å². The molecule has 2 aliphatic carbocycles. The summed E-state index contributed by atoms with van der Waals surface area (Å²) in [6.07, 6.45) is 8.92. The molecule has 0 saturated heterocycles. The second kappa shape index (κ2) is 11.9. The van der Waals surface area contributed by atoms with Crippen LogP contribution < -0.4 is 6.15 Å². The Balaban J connectivity index is 0.00000480. The average Bonchev–Trinajstić information content (AvgIpc) is 2.67. The van der Waals surface area contributed by atoms with E-state index in [9.17, 15) is 19.8 Å². The third-order valence-corrected chi connectivity index (χ3v) is 7.04. The van der Waals surface area contributed by atoms with Crippen LogP contribution in [0.5, 0.6) is 0 Å². The fraction of sp³-hybridized carbons (Fsp3) is 0.760. The van der Waals surface area contributed by atoms with Gasteiger partial charge in [0.15, 0.2) is 0 Å². The highest BCUT2D eigenvalue weighted by molar-refractivity contribution is 5.76. The molecule has 0 heterocycles. The van der Waals surface area contributed by atoms with Crippen LogP contribution in [0.15, 0.2) is 23.8 Å². The van der Waals surface area contributed by atoms with E-state index in [-0.39, 0.29) is 42.9 Å². The maximum Gasteiger partial charge on any atom is 0.311 e. The third-order valence-electron chi connectivity index (χ3n) is 7.04. The van der Waals surface area contributed by atoms with Gasteiger partial charge in [-0.2, -0.15) is 0 Å². The summed E-state index contributed by atoms with van der Waals surface area (Å²) in [5.74, 6) is 0.912. The van der Waals surface area contributed by atoms with Crippen molar-refractivity contribution in [2.24, 2.45) is 29.1 Å². The number of fused-ring (bicyclic) bond motifs is 1. The van der Waals surface area contributed by atoms with Crippen LogP contribution in [0.1, 0.15) is 73.1 Å². The quantitative estimate of drug-likeness (QED) is 0.340. The number of carbonyl (C=O) groups is 2. The Morgan fingerprint density at radius 1 is 1.29 bits per heavy atom. The van der Waals surface area contributed by atoms with Crippen LogP contribution in [0.25, 0.3) is 0 Å². The Labute approximate surface area is 187 Å². The molecule has 0 saturated carbocycles. The monoisotopic (exact) mass is 438 g/mol. The first-order chi connectivity index (χ1) is 14.1. The van der Waals surface area contributed by atoms with E-state index in [4.69, 9.17) is 4.74 Å². The van der Waals surface area contributed by atoms with Gasteiger partial charge in [0.25, 0.3) is 0 Å². The summed E-state index contributed by atoms with van der Waals surface area (Å²) in [6.45, 7) is 10.2. The van der Waals surface area contributed by atoms with Crippen molar-refractivity contribution < 1.29 is 24.5 Å². The maximum absolute atomic E-state index is 12.8. The van der Waals surface area contributed by atoms with E-state index in [2.05, 4.69) is 32.1 Å². The summed E-state index contributed by atoms with van der Waals surface area (Å²) < 4.78 is 6.11. The van der Waals surface area contributed by atoms with Gasteiger partial charge in [-0.3, -0.25) is 4.79 Å². The molecule has 31 heavy (non-hydrogen) atoms. The van der Waals surface area contributed by atoms with Crippen LogP contribution in [0.3, 0.4) is 0 Å². The Bertz CT molecular complexity index is 656. The van der Waals surface area contributed by atoms with Crippen LogP contribution in [0, 0.1) is 29.1 Å². The molecule has 0 aromatic rings. The number of quaternary nitrogens is 1. The number of hydrogen-bond acceptors (Lipinski definition) is 5. The maximum atomic E-state index is 12.8. The van der Waals surface area contributed by atoms with Gasteiger partial charge < -0.3 is 25.9 Å². The van der Waals surface area contributed by atoms with Crippen molar-refractivity contribution >= 4 is 12.3 Å². The number of hydrogen-bond donors (Lipinski definition) is 3. The molecule has 0 fully saturated rings. The van der Waals surface area contributed by atoms with Gasteiger partial charge in [0.05, 0.1) is 17.6 Å². The molecule has 6 heteroatoms. The molecule has 6 N–H and O–H groups in total. The molecule has 0 radical (unpaired) electrons. The van der Waals surface area contributed by atoms with E-state index in [0.717, 1.165) is 19.3 Å². The van der Waals surface area contributed by atoms with Gasteiger partial charge in [-0.05, 0) is 69.3 Å². The van der Waals surface area contributed by atoms with E-state index >= 15 is 0 Å². The molecular formula is C25H44NO5+. The van der Waals surface area contributed by atoms with Crippen LogP contribution in [-0.2, 0) is 14.3 Å². The lowest BCUT2D eigenvalue weighted by atomic mass is 9.65. The molecule has 0 aliphatic heterocycles. The highest BCUT2D eigenvalue weighted by Gasteiger charge is 2.42. The standard InChI is InChI=1S/C25H40O5.H3N/c1-6-25(4,5)24(29)30-22-14-16(2)13-18-8-7-17(3)21(23(18)22)10-9-19(27)15-20(28)11-12-26;/h7-8,12-13,16-17,19-23,27-28H,6,9-11,14-15H2,1-5H3;1H3/p+1/t16-,17-,19+,20-,21-,22-,23-;/m0./s1. The minimum absolute atomic E-state index is 0. The number of esters is 1. The number of rotatable bonds is 10. The van der Waals surface area contributed by atoms with Crippen LogP contribution in [0.2, 0.25) is 0 Å². The topological polar surface area (TPSA) is 120 Å². The Hall–Kier alpha value is -1.50. The molecule has 2 rings (SSSR count). The second-order valence-electron chi connectivity index (χ2n) is 9.99. The van der Waals surface area contributed by atoms with Gasteiger partial charge in [0.1, 0.15) is 12.4 Å². The summed E-state index contributed by atoms with van der Waals surface area (Å²) in [5, 5.41) is 20.2. The van der Waals surface area contributed by atoms with Crippen molar-refractivity contribution in [1.82, 2.24) is 6.15 Å². The number of carbonyl (C=O) groups excluding carboxylic acids is 2. The van der Waals surface area contributed by atoms with Gasteiger partial charge >= 0.3 is 5.97 Å². The van der Waals surface area contributed by atoms with Crippen molar-refractivity contribution in [2.75, 3.05) is 0 Å². The number of aliphatic hydroxyl groups excluding tert-OH is 2. The number of aliphatic hydroxyl groups is 2. The molecule has 7 atom stereocenters. The van der Waals surface area contributed by atoms with Crippen molar-refractivity contribution in [1.29, 1.82) is 0 Å². The van der Waals surface area contributed by atoms with Crippen LogP contribution >= 0.6 is 0 Å². The summed E-state index contributed by atoms with van der Waals surface area (Å²) in [4.78, 5) is 23.4. The first-order valence-corrected chi connectivity index (χ1v) is 11.5.